The molecule has 17 heavy (non-hydrogen) atoms. The number of nitrogens with one attached hydrogen (secondary N) is 1. The number of aliphatic hydroxyl groups excluding tert-OH is 1. The highest BCUT2D eigenvalue weighted by molar-refractivity contribution is 5.82. The summed E-state index contributed by atoms with van der Waals surface area (Å²) in [7, 11) is 0. The minimum atomic E-state index is -1.22. The van der Waals surface area contributed by atoms with Gasteiger partial charge in [0.15, 0.2) is 6.04 Å². The molecule has 1 aliphatic heterocycles. The fourth-order valence-electron chi connectivity index (χ4n) is 1.99. The van der Waals surface area contributed by atoms with Crippen molar-refractivity contribution in [1.29, 1.82) is 0 Å². The lowest BCUT2D eigenvalue weighted by molar-refractivity contribution is -0.140. The zero-order valence-electron chi connectivity index (χ0n) is 10.1. The molecule has 6 heteroatoms. The third kappa shape index (κ3) is 3.89. The number of rotatable bonds is 3. The monoisotopic (exact) mass is 244 g/mol. The maximum absolute atomic E-state index is 11.9. The molecule has 0 saturated carbocycles. The maximum Gasteiger partial charge on any atom is 0.328 e. The van der Waals surface area contributed by atoms with Crippen LogP contribution in [-0.4, -0.2) is 52.3 Å². The zero-order valence-corrected chi connectivity index (χ0v) is 10.1. The van der Waals surface area contributed by atoms with Gasteiger partial charge in [0.1, 0.15) is 0 Å². The summed E-state index contributed by atoms with van der Waals surface area (Å²) in [6, 6.07) is -1.51. The largest absolute Gasteiger partial charge is 0.480 e. The molecule has 98 valence electrons. The van der Waals surface area contributed by atoms with Gasteiger partial charge in [0.2, 0.25) is 0 Å². The summed E-state index contributed by atoms with van der Waals surface area (Å²) in [5, 5.41) is 19.9. The number of hydrogen-bond donors (Lipinski definition) is 3. The Kier molecular flexibility index (Phi) is 5.21. The van der Waals surface area contributed by atoms with E-state index in [1.165, 1.54) is 0 Å². The molecule has 1 rings (SSSR count). The SMILES string of the molecule is CC1CCCCCN1C(=O)N[C@@H](CO)C(=O)O. The van der Waals surface area contributed by atoms with Crippen molar-refractivity contribution in [2.75, 3.05) is 13.2 Å². The number of carbonyl (C=O) groups excluding carboxylic acids is 1. The van der Waals surface area contributed by atoms with Crippen LogP contribution in [0, 0.1) is 0 Å². The van der Waals surface area contributed by atoms with Gasteiger partial charge in [-0.15, -0.1) is 0 Å². The summed E-state index contributed by atoms with van der Waals surface area (Å²) >= 11 is 0. The van der Waals surface area contributed by atoms with E-state index in [-0.39, 0.29) is 6.04 Å². The third-order valence-electron chi connectivity index (χ3n) is 3.09. The Morgan fingerprint density at radius 2 is 2.12 bits per heavy atom. The molecule has 0 spiro atoms. The number of urea groups is 1. The van der Waals surface area contributed by atoms with E-state index in [1.807, 2.05) is 6.92 Å². The van der Waals surface area contributed by atoms with Crippen LogP contribution in [0.4, 0.5) is 4.79 Å². The highest BCUT2D eigenvalue weighted by atomic mass is 16.4. The standard InChI is InChI=1S/C11H20N2O4/c1-8-5-3-2-4-6-13(8)11(17)12-9(7-14)10(15)16/h8-9,14H,2-7H2,1H3,(H,12,17)(H,15,16)/t8?,9-/m0/s1. The van der Waals surface area contributed by atoms with Gasteiger partial charge in [0.05, 0.1) is 6.61 Å². The van der Waals surface area contributed by atoms with Crippen LogP contribution in [0.25, 0.3) is 0 Å². The maximum atomic E-state index is 11.9. The van der Waals surface area contributed by atoms with Crippen molar-refractivity contribution in [3.63, 3.8) is 0 Å². The second kappa shape index (κ2) is 6.44. The topological polar surface area (TPSA) is 89.9 Å². The molecule has 3 N–H and O–H groups in total. The van der Waals surface area contributed by atoms with Gasteiger partial charge < -0.3 is 20.4 Å². The van der Waals surface area contributed by atoms with Gasteiger partial charge in [0, 0.05) is 12.6 Å². The van der Waals surface area contributed by atoms with E-state index < -0.39 is 24.6 Å². The van der Waals surface area contributed by atoms with Crippen LogP contribution in [0.1, 0.15) is 32.6 Å². The average Bonchev–Trinajstić information content (AvgIpc) is 2.50. The highest BCUT2D eigenvalue weighted by Gasteiger charge is 2.26. The Morgan fingerprint density at radius 3 is 2.71 bits per heavy atom. The van der Waals surface area contributed by atoms with Crippen LogP contribution >= 0.6 is 0 Å². The number of carbonyl (C=O) groups is 2. The van der Waals surface area contributed by atoms with Crippen molar-refractivity contribution in [3.8, 4) is 0 Å². The van der Waals surface area contributed by atoms with E-state index in [0.29, 0.717) is 6.54 Å². The number of likely N-dealkylation sites (tertiary alicyclic amines) is 1. The van der Waals surface area contributed by atoms with Gasteiger partial charge in [-0.1, -0.05) is 12.8 Å². The molecule has 6 nitrogen and oxygen atoms in total. The van der Waals surface area contributed by atoms with Gasteiger partial charge in [-0.25, -0.2) is 9.59 Å². The molecule has 2 atom stereocenters. The molecule has 1 fully saturated rings. The van der Waals surface area contributed by atoms with Crippen LogP contribution < -0.4 is 5.32 Å². The van der Waals surface area contributed by atoms with Crippen molar-refractivity contribution < 1.29 is 19.8 Å². The van der Waals surface area contributed by atoms with E-state index in [2.05, 4.69) is 5.32 Å². The Labute approximate surface area is 101 Å². The quantitative estimate of drug-likeness (QED) is 0.670. The zero-order chi connectivity index (χ0) is 12.8. The summed E-state index contributed by atoms with van der Waals surface area (Å²) in [4.78, 5) is 24.2. The summed E-state index contributed by atoms with van der Waals surface area (Å²) in [5.74, 6) is -1.22. The molecule has 0 bridgehead atoms. The summed E-state index contributed by atoms with van der Waals surface area (Å²) < 4.78 is 0. The number of aliphatic hydroxyl groups is 1. The van der Waals surface area contributed by atoms with Crippen LogP contribution in [0.3, 0.4) is 0 Å². The molecule has 0 aromatic heterocycles. The summed E-state index contributed by atoms with van der Waals surface area (Å²) in [6.45, 7) is 2.01. The molecular formula is C11H20N2O4. The van der Waals surface area contributed by atoms with Crippen LogP contribution in [0.5, 0.6) is 0 Å². The van der Waals surface area contributed by atoms with Gasteiger partial charge in [-0.3, -0.25) is 0 Å². The molecule has 1 saturated heterocycles. The third-order valence-corrected chi connectivity index (χ3v) is 3.09. The highest BCUT2D eigenvalue weighted by Crippen LogP contribution is 2.16. The first-order valence-electron chi connectivity index (χ1n) is 5.97. The molecule has 0 aromatic rings. The number of nitrogens with zero attached hydrogens (tertiary/aromatic N) is 1. The Morgan fingerprint density at radius 1 is 1.41 bits per heavy atom. The van der Waals surface area contributed by atoms with E-state index in [0.717, 1.165) is 25.7 Å². The van der Waals surface area contributed by atoms with Crippen LogP contribution in [0.15, 0.2) is 0 Å². The van der Waals surface area contributed by atoms with Gasteiger partial charge in [-0.05, 0) is 19.8 Å². The van der Waals surface area contributed by atoms with Crippen molar-refractivity contribution in [3.05, 3.63) is 0 Å². The molecule has 1 heterocycles. The van der Waals surface area contributed by atoms with E-state index in [4.69, 9.17) is 10.2 Å². The Balaban J connectivity index is 2.58. The molecule has 0 aliphatic carbocycles. The molecule has 1 unspecified atom stereocenters. The fraction of sp³-hybridized carbons (Fsp3) is 0.818. The minimum absolute atomic E-state index is 0.116. The number of carboxylic acids is 1. The predicted octanol–water partition coefficient (Wildman–Crippen LogP) is 0.406. The summed E-state index contributed by atoms with van der Waals surface area (Å²) in [6.07, 6.45) is 4.06. The number of carboxylic acid groups (broad SMARTS) is 1. The van der Waals surface area contributed by atoms with Gasteiger partial charge >= 0.3 is 12.0 Å². The van der Waals surface area contributed by atoms with E-state index >= 15 is 0 Å². The first-order chi connectivity index (χ1) is 8.06. The lowest BCUT2D eigenvalue weighted by atomic mass is 10.1. The Hall–Kier alpha value is -1.30. The molecule has 2 amide bonds. The predicted molar refractivity (Wildman–Crippen MR) is 61.7 cm³/mol. The van der Waals surface area contributed by atoms with Crippen molar-refractivity contribution in [2.24, 2.45) is 0 Å². The Bertz CT molecular complexity index is 283. The lowest BCUT2D eigenvalue weighted by Gasteiger charge is -2.28. The number of aliphatic carboxylic acids is 1. The van der Waals surface area contributed by atoms with Crippen LogP contribution in [-0.2, 0) is 4.79 Å². The van der Waals surface area contributed by atoms with Crippen molar-refractivity contribution in [1.82, 2.24) is 10.2 Å². The van der Waals surface area contributed by atoms with Crippen molar-refractivity contribution in [2.45, 2.75) is 44.7 Å². The van der Waals surface area contributed by atoms with Crippen LogP contribution in [0.2, 0.25) is 0 Å². The smallest absolute Gasteiger partial charge is 0.328 e. The average molecular weight is 244 g/mol. The van der Waals surface area contributed by atoms with Gasteiger partial charge in [0.25, 0.3) is 0 Å². The first-order valence-corrected chi connectivity index (χ1v) is 5.97. The van der Waals surface area contributed by atoms with E-state index in [1.54, 1.807) is 4.90 Å². The molecule has 0 aromatic carbocycles. The second-order valence-corrected chi connectivity index (χ2v) is 4.41. The number of hydrogen-bond acceptors (Lipinski definition) is 3. The lowest BCUT2D eigenvalue weighted by Crippen LogP contribution is -2.51. The molecule has 0 radical (unpaired) electrons. The minimum Gasteiger partial charge on any atom is -0.480 e. The first kappa shape index (κ1) is 13.8. The van der Waals surface area contributed by atoms with E-state index in [9.17, 15) is 9.59 Å². The summed E-state index contributed by atoms with van der Waals surface area (Å²) in [5.41, 5.74) is 0. The number of amides is 2. The molecule has 1 aliphatic rings. The molecular weight excluding hydrogens is 224 g/mol. The van der Waals surface area contributed by atoms with Gasteiger partial charge in [-0.2, -0.15) is 0 Å². The normalized spacial score (nSPS) is 22.7. The fourth-order valence-corrected chi connectivity index (χ4v) is 1.99. The van der Waals surface area contributed by atoms with Crippen molar-refractivity contribution >= 4 is 12.0 Å². The second-order valence-electron chi connectivity index (χ2n) is 4.41.